The van der Waals surface area contributed by atoms with Gasteiger partial charge >= 0.3 is 0 Å². The highest BCUT2D eigenvalue weighted by atomic mass is 32.2. The first-order valence-corrected chi connectivity index (χ1v) is 7.26. The van der Waals surface area contributed by atoms with Crippen LogP contribution in [0.25, 0.3) is 0 Å². The van der Waals surface area contributed by atoms with Crippen LogP contribution in [0.5, 0.6) is 0 Å². The molecule has 2 N–H and O–H groups in total. The van der Waals surface area contributed by atoms with E-state index in [2.05, 4.69) is 0 Å². The van der Waals surface area contributed by atoms with Gasteiger partial charge in [0.1, 0.15) is 0 Å². The zero-order chi connectivity index (χ0) is 14.0. The number of benzene rings is 1. The smallest absolute Gasteiger partial charge is 0.243 e. The molecule has 0 amide bonds. The third kappa shape index (κ3) is 2.71. The van der Waals surface area contributed by atoms with Gasteiger partial charge in [-0.1, -0.05) is 0 Å². The molecular weight excluding hydrogens is 266 g/mol. The Morgan fingerprint density at radius 1 is 1.53 bits per heavy atom. The summed E-state index contributed by atoms with van der Waals surface area (Å²) in [7, 11) is -3.60. The van der Waals surface area contributed by atoms with Gasteiger partial charge in [-0.15, -0.1) is 0 Å². The second kappa shape index (κ2) is 5.17. The fraction of sp³-hybridized carbons (Fsp3) is 0.417. The van der Waals surface area contributed by atoms with Gasteiger partial charge in [-0.05, 0) is 30.7 Å². The van der Waals surface area contributed by atoms with E-state index >= 15 is 0 Å². The van der Waals surface area contributed by atoms with E-state index in [4.69, 9.17) is 15.7 Å². The zero-order valence-electron chi connectivity index (χ0n) is 10.5. The number of ether oxygens (including phenoxy) is 1. The van der Waals surface area contributed by atoms with Crippen molar-refractivity contribution in [2.24, 2.45) is 0 Å². The van der Waals surface area contributed by atoms with Crippen molar-refractivity contribution in [3.05, 3.63) is 23.8 Å². The summed E-state index contributed by atoms with van der Waals surface area (Å²) in [5, 5.41) is 8.81. The normalized spacial score (nSPS) is 20.9. The van der Waals surface area contributed by atoms with Gasteiger partial charge < -0.3 is 10.5 Å². The Morgan fingerprint density at radius 2 is 2.26 bits per heavy atom. The summed E-state index contributed by atoms with van der Waals surface area (Å²) in [6.45, 7) is 2.29. The first-order chi connectivity index (χ1) is 8.95. The number of sulfonamides is 1. The van der Waals surface area contributed by atoms with Crippen molar-refractivity contribution in [2.75, 3.05) is 25.4 Å². The van der Waals surface area contributed by atoms with Gasteiger partial charge in [0, 0.05) is 12.2 Å². The summed E-state index contributed by atoms with van der Waals surface area (Å²) < 4.78 is 31.3. The van der Waals surface area contributed by atoms with Gasteiger partial charge in [-0.3, -0.25) is 0 Å². The van der Waals surface area contributed by atoms with Crippen LogP contribution in [0.3, 0.4) is 0 Å². The molecule has 19 heavy (non-hydrogen) atoms. The molecule has 1 aliphatic rings. The van der Waals surface area contributed by atoms with Crippen LogP contribution in [0.15, 0.2) is 23.1 Å². The Labute approximate surface area is 112 Å². The van der Waals surface area contributed by atoms with Crippen molar-refractivity contribution in [3.63, 3.8) is 0 Å². The molecule has 1 unspecified atom stereocenters. The van der Waals surface area contributed by atoms with Crippen LogP contribution < -0.4 is 5.73 Å². The zero-order valence-corrected chi connectivity index (χ0v) is 11.4. The molecular formula is C12H15N3O3S. The Bertz CT molecular complexity index is 622. The molecule has 2 rings (SSSR count). The van der Waals surface area contributed by atoms with E-state index in [9.17, 15) is 8.42 Å². The minimum atomic E-state index is -3.60. The van der Waals surface area contributed by atoms with Gasteiger partial charge in [-0.2, -0.15) is 9.57 Å². The van der Waals surface area contributed by atoms with Crippen LogP contribution in [0.2, 0.25) is 0 Å². The Hall–Kier alpha value is -1.62. The van der Waals surface area contributed by atoms with Crippen molar-refractivity contribution in [1.29, 1.82) is 5.26 Å². The lowest BCUT2D eigenvalue weighted by molar-refractivity contribution is 0.0311. The Morgan fingerprint density at radius 3 is 2.89 bits per heavy atom. The molecule has 0 spiro atoms. The minimum absolute atomic E-state index is 0.0578. The first-order valence-electron chi connectivity index (χ1n) is 5.82. The molecule has 1 fully saturated rings. The molecule has 1 heterocycles. The fourth-order valence-corrected chi connectivity index (χ4v) is 3.39. The van der Waals surface area contributed by atoms with E-state index in [1.165, 1.54) is 10.4 Å². The molecule has 0 saturated carbocycles. The van der Waals surface area contributed by atoms with Crippen LogP contribution in [0, 0.1) is 18.3 Å². The van der Waals surface area contributed by atoms with Crippen LogP contribution in [-0.4, -0.2) is 38.5 Å². The SMILES string of the molecule is Cc1cc(S(=O)(=O)N2CCOC(C#N)C2)ccc1N. The molecule has 1 aliphatic heterocycles. The molecule has 102 valence electrons. The molecule has 6 nitrogen and oxygen atoms in total. The van der Waals surface area contributed by atoms with Crippen molar-refractivity contribution in [2.45, 2.75) is 17.9 Å². The summed E-state index contributed by atoms with van der Waals surface area (Å²) in [5.74, 6) is 0. The lowest BCUT2D eigenvalue weighted by Gasteiger charge is -2.29. The van der Waals surface area contributed by atoms with Crippen molar-refractivity contribution in [1.82, 2.24) is 4.31 Å². The molecule has 1 atom stereocenters. The quantitative estimate of drug-likeness (QED) is 0.796. The highest BCUT2D eigenvalue weighted by Gasteiger charge is 2.30. The molecule has 0 bridgehead atoms. The minimum Gasteiger partial charge on any atom is -0.399 e. The maximum absolute atomic E-state index is 12.4. The number of nitrogens with zero attached hydrogens (tertiary/aromatic N) is 2. The summed E-state index contributed by atoms with van der Waals surface area (Å²) in [5.41, 5.74) is 6.95. The topological polar surface area (TPSA) is 96.4 Å². The third-order valence-corrected chi connectivity index (χ3v) is 4.91. The summed E-state index contributed by atoms with van der Waals surface area (Å²) >= 11 is 0. The van der Waals surface area contributed by atoms with E-state index in [1.54, 1.807) is 19.1 Å². The molecule has 7 heteroatoms. The highest BCUT2D eigenvalue weighted by Crippen LogP contribution is 2.22. The number of nitrogens with two attached hydrogens (primary N) is 1. The van der Waals surface area contributed by atoms with Gasteiger partial charge in [0.05, 0.1) is 24.1 Å². The highest BCUT2D eigenvalue weighted by molar-refractivity contribution is 7.89. The number of rotatable bonds is 2. The van der Waals surface area contributed by atoms with Gasteiger partial charge in [0.2, 0.25) is 10.0 Å². The molecule has 1 aromatic carbocycles. The van der Waals surface area contributed by atoms with Crippen molar-refractivity contribution in [3.8, 4) is 6.07 Å². The van der Waals surface area contributed by atoms with Crippen LogP contribution in [0.1, 0.15) is 5.56 Å². The van der Waals surface area contributed by atoms with Crippen LogP contribution in [0.4, 0.5) is 5.69 Å². The lowest BCUT2D eigenvalue weighted by atomic mass is 10.2. The number of morpholine rings is 1. The predicted molar refractivity (Wildman–Crippen MR) is 69.7 cm³/mol. The number of aryl methyl sites for hydroxylation is 1. The van der Waals surface area contributed by atoms with Gasteiger partial charge in [-0.25, -0.2) is 8.42 Å². The summed E-state index contributed by atoms with van der Waals surface area (Å²) in [4.78, 5) is 0.192. The monoisotopic (exact) mass is 281 g/mol. The van der Waals surface area contributed by atoms with E-state index in [0.29, 0.717) is 11.3 Å². The molecule has 1 aromatic rings. The largest absolute Gasteiger partial charge is 0.399 e. The second-order valence-corrected chi connectivity index (χ2v) is 6.31. The second-order valence-electron chi connectivity index (χ2n) is 4.37. The van der Waals surface area contributed by atoms with Crippen molar-refractivity contribution < 1.29 is 13.2 Å². The van der Waals surface area contributed by atoms with E-state index < -0.39 is 16.1 Å². The summed E-state index contributed by atoms with van der Waals surface area (Å²) in [6, 6.07) is 6.53. The summed E-state index contributed by atoms with van der Waals surface area (Å²) in [6.07, 6.45) is -0.710. The van der Waals surface area contributed by atoms with E-state index in [-0.39, 0.29) is 24.6 Å². The first kappa shape index (κ1) is 13.8. The predicted octanol–water partition coefficient (Wildman–Crippen LogP) is 0.490. The molecule has 0 aliphatic carbocycles. The fourth-order valence-electron chi connectivity index (χ4n) is 1.88. The van der Waals surface area contributed by atoms with E-state index in [0.717, 1.165) is 0 Å². The maximum atomic E-state index is 12.4. The standard InChI is InChI=1S/C12H15N3O3S/c1-9-6-11(2-3-12(9)14)19(16,17)15-4-5-18-10(7-13)8-15/h2-3,6,10H,4-5,8,14H2,1H3. The molecule has 0 radical (unpaired) electrons. The Balaban J connectivity index is 2.31. The maximum Gasteiger partial charge on any atom is 0.243 e. The van der Waals surface area contributed by atoms with Crippen LogP contribution in [-0.2, 0) is 14.8 Å². The van der Waals surface area contributed by atoms with E-state index in [1.807, 2.05) is 6.07 Å². The van der Waals surface area contributed by atoms with Crippen LogP contribution >= 0.6 is 0 Å². The number of nitriles is 1. The van der Waals surface area contributed by atoms with Crippen molar-refractivity contribution >= 4 is 15.7 Å². The van der Waals surface area contributed by atoms with Gasteiger partial charge in [0.15, 0.2) is 6.10 Å². The number of nitrogen functional groups attached to an aromatic ring is 1. The lowest BCUT2D eigenvalue weighted by Crippen LogP contribution is -2.45. The van der Waals surface area contributed by atoms with Gasteiger partial charge in [0.25, 0.3) is 0 Å². The average Bonchev–Trinajstić information content (AvgIpc) is 2.41. The molecule has 1 saturated heterocycles. The number of anilines is 1. The average molecular weight is 281 g/mol. The number of hydrogen-bond acceptors (Lipinski definition) is 5. The third-order valence-electron chi connectivity index (χ3n) is 3.05. The molecule has 0 aromatic heterocycles. The Kier molecular flexibility index (Phi) is 3.75. The number of hydrogen-bond donors (Lipinski definition) is 1.